The molecule has 39 heavy (non-hydrogen) atoms. The molecule has 2 aliphatic heterocycles. The minimum absolute atomic E-state index is 0.00839. The number of aliphatic hydroxyl groups is 1. The van der Waals surface area contributed by atoms with Crippen molar-refractivity contribution in [1.82, 2.24) is 4.90 Å². The molecule has 9 nitrogen and oxygen atoms in total. The van der Waals surface area contributed by atoms with Gasteiger partial charge in [0.25, 0.3) is 5.91 Å². The van der Waals surface area contributed by atoms with Crippen LogP contribution in [0.3, 0.4) is 0 Å². The monoisotopic (exact) mass is 538 g/mol. The molecule has 0 unspecified atom stereocenters. The summed E-state index contributed by atoms with van der Waals surface area (Å²) in [4.78, 5) is 33.8. The molecule has 0 radical (unpaired) electrons. The first-order chi connectivity index (χ1) is 18.7. The van der Waals surface area contributed by atoms with Gasteiger partial charge >= 0.3 is 5.97 Å². The van der Waals surface area contributed by atoms with Crippen molar-refractivity contribution in [2.45, 2.75) is 57.3 Å². The molecule has 1 N–H and O–H groups in total. The van der Waals surface area contributed by atoms with Gasteiger partial charge in [0.15, 0.2) is 11.6 Å². The van der Waals surface area contributed by atoms with E-state index < -0.39 is 23.2 Å². The highest BCUT2D eigenvalue weighted by atomic mass is 16.6. The van der Waals surface area contributed by atoms with E-state index in [-0.39, 0.29) is 25.4 Å². The van der Waals surface area contributed by atoms with Crippen LogP contribution in [-0.4, -0.2) is 78.4 Å². The molecule has 0 bridgehead atoms. The standard InChI is InChI=1S/C30H38N2O7/c1-29(2,3)39-25(34)14-15-30(28(35)32-16-20-36-21-17-32)26(22-8-5-4-6-9-22)38-27(31-30)23-10-12-24(13-11-23)37-19-7-18-33/h4-6,8-13,26,33H,7,14-21H2,1-3H3/t26-,30-/m0/s1. The van der Waals surface area contributed by atoms with E-state index in [0.29, 0.717) is 56.5 Å². The van der Waals surface area contributed by atoms with Crippen LogP contribution in [0, 0.1) is 0 Å². The number of aliphatic imine (C=N–C) groups is 1. The Morgan fingerprint density at radius 3 is 2.41 bits per heavy atom. The van der Waals surface area contributed by atoms with Crippen LogP contribution in [-0.2, 0) is 23.8 Å². The van der Waals surface area contributed by atoms with Crippen LogP contribution in [0.5, 0.6) is 5.75 Å². The number of esters is 1. The first kappa shape index (κ1) is 28.6. The van der Waals surface area contributed by atoms with Crippen molar-refractivity contribution >= 4 is 17.8 Å². The van der Waals surface area contributed by atoms with Crippen molar-refractivity contribution in [2.75, 3.05) is 39.5 Å². The predicted octanol–water partition coefficient (Wildman–Crippen LogP) is 3.69. The molecule has 2 heterocycles. The molecule has 0 aliphatic carbocycles. The Morgan fingerprint density at radius 2 is 1.77 bits per heavy atom. The van der Waals surface area contributed by atoms with Gasteiger partial charge in [0.1, 0.15) is 11.4 Å². The maximum absolute atomic E-state index is 14.3. The maximum atomic E-state index is 14.3. The van der Waals surface area contributed by atoms with Gasteiger partial charge in [-0.1, -0.05) is 30.3 Å². The fraction of sp³-hybridized carbons (Fsp3) is 0.500. The zero-order valence-electron chi connectivity index (χ0n) is 22.9. The molecule has 2 aromatic carbocycles. The first-order valence-corrected chi connectivity index (χ1v) is 13.5. The number of rotatable bonds is 10. The van der Waals surface area contributed by atoms with Crippen molar-refractivity contribution < 1.29 is 33.6 Å². The summed E-state index contributed by atoms with van der Waals surface area (Å²) in [7, 11) is 0. The van der Waals surface area contributed by atoms with Crippen molar-refractivity contribution in [3.05, 3.63) is 65.7 Å². The molecular weight excluding hydrogens is 500 g/mol. The number of nitrogens with zero attached hydrogens (tertiary/aromatic N) is 2. The summed E-state index contributed by atoms with van der Waals surface area (Å²) in [5.41, 5.74) is -0.509. The van der Waals surface area contributed by atoms with Gasteiger partial charge in [-0.15, -0.1) is 0 Å². The van der Waals surface area contributed by atoms with Crippen molar-refractivity contribution in [3.8, 4) is 5.75 Å². The lowest BCUT2D eigenvalue weighted by atomic mass is 9.82. The highest BCUT2D eigenvalue weighted by Gasteiger charge is 2.55. The minimum atomic E-state index is -1.36. The van der Waals surface area contributed by atoms with E-state index in [2.05, 4.69) is 0 Å². The summed E-state index contributed by atoms with van der Waals surface area (Å²) in [6.07, 6.45) is -0.0510. The number of benzene rings is 2. The number of hydrogen-bond acceptors (Lipinski definition) is 8. The Kier molecular flexibility index (Phi) is 9.24. The summed E-state index contributed by atoms with van der Waals surface area (Å²) in [5, 5.41) is 8.99. The third-order valence-corrected chi connectivity index (χ3v) is 6.54. The highest BCUT2D eigenvalue weighted by molar-refractivity contribution is 6.01. The Labute approximate surface area is 229 Å². The van der Waals surface area contributed by atoms with Crippen LogP contribution in [0.2, 0.25) is 0 Å². The van der Waals surface area contributed by atoms with E-state index in [0.717, 1.165) is 5.56 Å². The Balaban J connectivity index is 1.71. The predicted molar refractivity (Wildman–Crippen MR) is 146 cm³/mol. The number of amides is 1. The van der Waals surface area contributed by atoms with Crippen LogP contribution >= 0.6 is 0 Å². The second kappa shape index (κ2) is 12.6. The molecule has 2 aliphatic rings. The Morgan fingerprint density at radius 1 is 1.08 bits per heavy atom. The summed E-state index contributed by atoms with van der Waals surface area (Å²) in [5.74, 6) is 0.404. The molecular formula is C30H38N2O7. The molecule has 0 aromatic heterocycles. The molecule has 9 heteroatoms. The van der Waals surface area contributed by atoms with Gasteiger partial charge in [-0.2, -0.15) is 0 Å². The highest BCUT2D eigenvalue weighted by Crippen LogP contribution is 2.44. The summed E-state index contributed by atoms with van der Waals surface area (Å²) >= 11 is 0. The number of morpholine rings is 1. The van der Waals surface area contributed by atoms with Gasteiger partial charge in [0, 0.05) is 38.1 Å². The number of ether oxygens (including phenoxy) is 4. The lowest BCUT2D eigenvalue weighted by Crippen LogP contribution is -2.53. The first-order valence-electron chi connectivity index (χ1n) is 13.5. The smallest absolute Gasteiger partial charge is 0.306 e. The molecule has 2 aromatic rings. The largest absolute Gasteiger partial charge is 0.494 e. The summed E-state index contributed by atoms with van der Waals surface area (Å²) in [6.45, 7) is 7.70. The molecule has 4 rings (SSSR count). The normalized spacial score (nSPS) is 21.2. The van der Waals surface area contributed by atoms with Crippen LogP contribution in [0.4, 0.5) is 0 Å². The lowest BCUT2D eigenvalue weighted by molar-refractivity contribution is -0.156. The van der Waals surface area contributed by atoms with Crippen LogP contribution in [0.25, 0.3) is 0 Å². The van der Waals surface area contributed by atoms with Gasteiger partial charge in [-0.25, -0.2) is 4.99 Å². The zero-order chi connectivity index (χ0) is 27.9. The minimum Gasteiger partial charge on any atom is -0.494 e. The quantitative estimate of drug-likeness (QED) is 0.363. The molecule has 1 saturated heterocycles. The third kappa shape index (κ3) is 7.16. The molecule has 0 saturated carbocycles. The van der Waals surface area contributed by atoms with E-state index in [1.54, 1.807) is 17.0 Å². The van der Waals surface area contributed by atoms with Crippen molar-refractivity contribution in [1.29, 1.82) is 0 Å². The maximum Gasteiger partial charge on any atom is 0.306 e. The van der Waals surface area contributed by atoms with E-state index in [9.17, 15) is 9.59 Å². The van der Waals surface area contributed by atoms with Crippen LogP contribution in [0.1, 0.15) is 57.3 Å². The van der Waals surface area contributed by atoms with Crippen LogP contribution < -0.4 is 4.74 Å². The van der Waals surface area contributed by atoms with Gasteiger partial charge in [-0.05, 0) is 57.0 Å². The van der Waals surface area contributed by atoms with Gasteiger partial charge in [0.2, 0.25) is 5.90 Å². The van der Waals surface area contributed by atoms with Crippen molar-refractivity contribution in [3.63, 3.8) is 0 Å². The number of carbonyl (C=O) groups excluding carboxylic acids is 2. The van der Waals surface area contributed by atoms with E-state index in [4.69, 9.17) is 29.0 Å². The Bertz CT molecular complexity index is 1140. The fourth-order valence-electron chi connectivity index (χ4n) is 4.71. The summed E-state index contributed by atoms with van der Waals surface area (Å²) < 4.78 is 23.2. The molecule has 210 valence electrons. The average molecular weight is 539 g/mol. The van der Waals surface area contributed by atoms with Crippen molar-refractivity contribution in [2.24, 2.45) is 4.99 Å². The lowest BCUT2D eigenvalue weighted by Gasteiger charge is -2.37. The molecule has 1 amide bonds. The van der Waals surface area contributed by atoms with Gasteiger partial charge in [-0.3, -0.25) is 9.59 Å². The second-order valence-corrected chi connectivity index (χ2v) is 10.7. The van der Waals surface area contributed by atoms with Crippen LogP contribution in [0.15, 0.2) is 59.6 Å². The topological polar surface area (TPSA) is 107 Å². The molecule has 0 spiro atoms. The fourth-order valence-corrected chi connectivity index (χ4v) is 4.71. The average Bonchev–Trinajstić information content (AvgIpc) is 3.33. The summed E-state index contributed by atoms with van der Waals surface area (Å²) in [6, 6.07) is 16.8. The van der Waals surface area contributed by atoms with Gasteiger partial charge in [0.05, 0.1) is 19.8 Å². The molecule has 1 fully saturated rings. The van der Waals surface area contributed by atoms with E-state index in [1.807, 2.05) is 63.2 Å². The van der Waals surface area contributed by atoms with Gasteiger partial charge < -0.3 is 29.0 Å². The SMILES string of the molecule is CC(C)(C)OC(=O)CC[C@]1(C(=O)N2CCOCC2)N=C(c2ccc(OCCCO)cc2)O[C@H]1c1ccccc1. The number of aliphatic hydroxyl groups excluding tert-OH is 1. The number of carbonyl (C=O) groups is 2. The zero-order valence-corrected chi connectivity index (χ0v) is 22.9. The second-order valence-electron chi connectivity index (χ2n) is 10.7. The molecule has 2 atom stereocenters. The Hall–Kier alpha value is -3.43. The third-order valence-electron chi connectivity index (χ3n) is 6.54. The van der Waals surface area contributed by atoms with E-state index in [1.165, 1.54) is 0 Å². The number of hydrogen-bond donors (Lipinski definition) is 1. The van der Waals surface area contributed by atoms with E-state index >= 15 is 0 Å².